The Balaban J connectivity index is 4.48. The first-order chi connectivity index (χ1) is 7.99. The maximum Gasteiger partial charge on any atom is 0.242 e. The van der Waals surface area contributed by atoms with Crippen LogP contribution in [0.2, 0.25) is 0 Å². The van der Waals surface area contributed by atoms with Crippen molar-refractivity contribution >= 4 is 5.91 Å². The largest absolute Gasteiger partial charge is 0.383 e. The minimum atomic E-state index is -0.740. The highest BCUT2D eigenvalue weighted by molar-refractivity contribution is 5.85. The quantitative estimate of drug-likeness (QED) is 0.672. The number of nitrogens with two attached hydrogens (primary N) is 1. The van der Waals surface area contributed by atoms with Crippen molar-refractivity contribution in [3.63, 3.8) is 0 Å². The van der Waals surface area contributed by atoms with E-state index in [4.69, 9.17) is 10.5 Å². The molecule has 0 aromatic heterocycles. The lowest BCUT2D eigenvalue weighted by Gasteiger charge is -2.31. The summed E-state index contributed by atoms with van der Waals surface area (Å²) in [6.45, 7) is 7.96. The lowest BCUT2D eigenvalue weighted by Crippen LogP contribution is -2.54. The molecule has 1 atom stereocenters. The van der Waals surface area contributed by atoms with Crippen molar-refractivity contribution in [1.82, 2.24) is 4.90 Å². The molecule has 4 nitrogen and oxygen atoms in total. The standard InChI is InChI=1S/C13H28N2O2/c1-5-7-9-15(10-11-17-4)12(16)13(3,14)8-6-2/h5-11,14H2,1-4H3. The molecule has 0 spiro atoms. The van der Waals surface area contributed by atoms with Crippen molar-refractivity contribution in [2.75, 3.05) is 26.8 Å². The second-order valence-electron chi connectivity index (χ2n) is 4.81. The molecular weight excluding hydrogens is 216 g/mol. The molecule has 0 rings (SSSR count). The van der Waals surface area contributed by atoms with Crippen molar-refractivity contribution in [1.29, 1.82) is 0 Å². The molecule has 0 bridgehead atoms. The lowest BCUT2D eigenvalue weighted by molar-refractivity contribution is -0.137. The molecule has 0 aliphatic heterocycles. The van der Waals surface area contributed by atoms with E-state index in [0.29, 0.717) is 13.2 Å². The zero-order valence-corrected chi connectivity index (χ0v) is 11.8. The molecule has 0 aromatic carbocycles. The molecule has 0 saturated heterocycles. The third-order valence-corrected chi connectivity index (χ3v) is 2.89. The van der Waals surface area contributed by atoms with Gasteiger partial charge in [0.25, 0.3) is 0 Å². The van der Waals surface area contributed by atoms with Gasteiger partial charge in [0, 0.05) is 20.2 Å². The van der Waals surface area contributed by atoms with Gasteiger partial charge in [0.05, 0.1) is 12.1 Å². The Kier molecular flexibility index (Phi) is 8.17. The van der Waals surface area contributed by atoms with Crippen LogP contribution in [0.4, 0.5) is 0 Å². The van der Waals surface area contributed by atoms with Gasteiger partial charge in [0.2, 0.25) is 5.91 Å². The van der Waals surface area contributed by atoms with Gasteiger partial charge in [0.15, 0.2) is 0 Å². The van der Waals surface area contributed by atoms with Gasteiger partial charge in [0.1, 0.15) is 0 Å². The number of unbranched alkanes of at least 4 members (excludes halogenated alkanes) is 1. The Morgan fingerprint density at radius 2 is 1.94 bits per heavy atom. The second kappa shape index (κ2) is 8.48. The van der Waals surface area contributed by atoms with Crippen molar-refractivity contribution in [3.8, 4) is 0 Å². The number of carbonyl (C=O) groups excluding carboxylic acids is 1. The molecule has 2 N–H and O–H groups in total. The second-order valence-corrected chi connectivity index (χ2v) is 4.81. The topological polar surface area (TPSA) is 55.6 Å². The Morgan fingerprint density at radius 3 is 2.41 bits per heavy atom. The van der Waals surface area contributed by atoms with Gasteiger partial charge >= 0.3 is 0 Å². The van der Waals surface area contributed by atoms with Crippen molar-refractivity contribution in [3.05, 3.63) is 0 Å². The zero-order chi connectivity index (χ0) is 13.3. The van der Waals surface area contributed by atoms with Crippen molar-refractivity contribution in [2.24, 2.45) is 5.73 Å². The molecule has 0 heterocycles. The Labute approximate surface area is 105 Å². The van der Waals surface area contributed by atoms with Crippen LogP contribution in [-0.4, -0.2) is 43.2 Å². The molecule has 0 aliphatic rings. The number of carbonyl (C=O) groups is 1. The van der Waals surface area contributed by atoms with E-state index < -0.39 is 5.54 Å². The average molecular weight is 244 g/mol. The summed E-state index contributed by atoms with van der Waals surface area (Å²) in [5, 5.41) is 0. The third-order valence-electron chi connectivity index (χ3n) is 2.89. The average Bonchev–Trinajstić information content (AvgIpc) is 2.28. The number of ether oxygens (including phenoxy) is 1. The summed E-state index contributed by atoms with van der Waals surface area (Å²) in [6.07, 6.45) is 3.73. The minimum Gasteiger partial charge on any atom is -0.383 e. The van der Waals surface area contributed by atoms with Crippen LogP contribution in [0.5, 0.6) is 0 Å². The van der Waals surface area contributed by atoms with E-state index in [1.54, 1.807) is 7.11 Å². The van der Waals surface area contributed by atoms with Crippen molar-refractivity contribution in [2.45, 2.75) is 52.0 Å². The van der Waals surface area contributed by atoms with E-state index in [0.717, 1.165) is 32.2 Å². The Morgan fingerprint density at radius 1 is 1.29 bits per heavy atom. The predicted molar refractivity (Wildman–Crippen MR) is 70.9 cm³/mol. The van der Waals surface area contributed by atoms with Crippen LogP contribution >= 0.6 is 0 Å². The summed E-state index contributed by atoms with van der Waals surface area (Å²) in [6, 6.07) is 0. The number of rotatable bonds is 9. The summed E-state index contributed by atoms with van der Waals surface area (Å²) in [5.74, 6) is 0.0462. The normalized spacial score (nSPS) is 14.4. The molecule has 0 fully saturated rings. The monoisotopic (exact) mass is 244 g/mol. The summed E-state index contributed by atoms with van der Waals surface area (Å²) in [5.41, 5.74) is 5.34. The predicted octanol–water partition coefficient (Wildman–Crippen LogP) is 1.78. The van der Waals surface area contributed by atoms with E-state index in [1.165, 1.54) is 0 Å². The third kappa shape index (κ3) is 6.03. The van der Waals surface area contributed by atoms with Gasteiger partial charge in [-0.05, 0) is 19.8 Å². The van der Waals surface area contributed by atoms with Gasteiger partial charge in [-0.15, -0.1) is 0 Å². The maximum absolute atomic E-state index is 12.3. The molecule has 1 unspecified atom stereocenters. The summed E-state index contributed by atoms with van der Waals surface area (Å²) in [7, 11) is 1.65. The lowest BCUT2D eigenvalue weighted by atomic mass is 9.95. The van der Waals surface area contributed by atoms with Gasteiger partial charge < -0.3 is 15.4 Å². The molecule has 1 amide bonds. The molecular formula is C13H28N2O2. The van der Waals surface area contributed by atoms with Gasteiger partial charge in [-0.2, -0.15) is 0 Å². The highest BCUT2D eigenvalue weighted by Gasteiger charge is 2.31. The summed E-state index contributed by atoms with van der Waals surface area (Å²) >= 11 is 0. The van der Waals surface area contributed by atoms with E-state index in [1.807, 2.05) is 18.7 Å². The summed E-state index contributed by atoms with van der Waals surface area (Å²) < 4.78 is 5.04. The molecule has 4 heteroatoms. The van der Waals surface area contributed by atoms with Crippen LogP contribution in [0.1, 0.15) is 46.5 Å². The zero-order valence-electron chi connectivity index (χ0n) is 11.8. The smallest absolute Gasteiger partial charge is 0.242 e. The molecule has 102 valence electrons. The van der Waals surface area contributed by atoms with Crippen LogP contribution in [0.25, 0.3) is 0 Å². The highest BCUT2D eigenvalue weighted by Crippen LogP contribution is 2.13. The van der Waals surface area contributed by atoms with Gasteiger partial charge in [-0.25, -0.2) is 0 Å². The number of nitrogens with zero attached hydrogens (tertiary/aromatic N) is 1. The fourth-order valence-corrected chi connectivity index (χ4v) is 1.85. The maximum atomic E-state index is 12.3. The number of hydrogen-bond donors (Lipinski definition) is 1. The highest BCUT2D eigenvalue weighted by atomic mass is 16.5. The van der Waals surface area contributed by atoms with E-state index in [9.17, 15) is 4.79 Å². The van der Waals surface area contributed by atoms with Gasteiger partial charge in [-0.1, -0.05) is 26.7 Å². The number of amides is 1. The first kappa shape index (κ1) is 16.4. The number of hydrogen-bond acceptors (Lipinski definition) is 3. The Hall–Kier alpha value is -0.610. The molecule has 0 radical (unpaired) electrons. The first-order valence-electron chi connectivity index (χ1n) is 6.56. The molecule has 0 saturated carbocycles. The SMILES string of the molecule is CCCCN(CCOC)C(=O)C(C)(N)CCC. The molecule has 0 aromatic rings. The fraction of sp³-hybridized carbons (Fsp3) is 0.923. The van der Waals surface area contributed by atoms with E-state index in [-0.39, 0.29) is 5.91 Å². The van der Waals surface area contributed by atoms with Crippen LogP contribution < -0.4 is 5.73 Å². The number of methoxy groups -OCH3 is 1. The van der Waals surface area contributed by atoms with Crippen LogP contribution in [-0.2, 0) is 9.53 Å². The minimum absolute atomic E-state index is 0.0462. The molecule has 0 aliphatic carbocycles. The first-order valence-corrected chi connectivity index (χ1v) is 6.56. The van der Waals surface area contributed by atoms with Crippen LogP contribution in [0.15, 0.2) is 0 Å². The van der Waals surface area contributed by atoms with Crippen LogP contribution in [0.3, 0.4) is 0 Å². The summed E-state index contributed by atoms with van der Waals surface area (Å²) in [4.78, 5) is 14.1. The fourth-order valence-electron chi connectivity index (χ4n) is 1.85. The van der Waals surface area contributed by atoms with Gasteiger partial charge in [-0.3, -0.25) is 4.79 Å². The van der Waals surface area contributed by atoms with Crippen LogP contribution in [0, 0.1) is 0 Å². The molecule has 17 heavy (non-hydrogen) atoms. The van der Waals surface area contributed by atoms with E-state index in [2.05, 4.69) is 6.92 Å². The Bertz CT molecular complexity index is 209. The van der Waals surface area contributed by atoms with Crippen molar-refractivity contribution < 1.29 is 9.53 Å². The van der Waals surface area contributed by atoms with E-state index >= 15 is 0 Å².